The molecule has 16 heavy (non-hydrogen) atoms. The van der Waals surface area contributed by atoms with Crippen LogP contribution in [0.15, 0.2) is 42.5 Å². The number of aryl methyl sites for hydroxylation is 1. The monoisotopic (exact) mass is 212 g/mol. The fraction of sp³-hybridized carbons (Fsp3) is 0.200. The molecule has 0 unspecified atom stereocenters. The summed E-state index contributed by atoms with van der Waals surface area (Å²) in [6.45, 7) is 4.22. The van der Waals surface area contributed by atoms with E-state index in [2.05, 4.69) is 43.3 Å². The van der Waals surface area contributed by atoms with Crippen molar-refractivity contribution in [2.24, 2.45) is 0 Å². The van der Waals surface area contributed by atoms with E-state index in [0.717, 1.165) is 5.57 Å². The van der Waals surface area contributed by atoms with Crippen molar-refractivity contribution in [1.82, 2.24) is 0 Å². The zero-order valence-electron chi connectivity index (χ0n) is 9.70. The fourth-order valence-electron chi connectivity index (χ4n) is 1.87. The summed E-state index contributed by atoms with van der Waals surface area (Å²) in [7, 11) is 0. The van der Waals surface area contributed by atoms with E-state index < -0.39 is 0 Å². The topological polar surface area (TPSA) is 20.2 Å². The van der Waals surface area contributed by atoms with E-state index in [0.29, 0.717) is 0 Å². The Morgan fingerprint density at radius 2 is 1.81 bits per heavy atom. The molecule has 0 aliphatic rings. The number of benzene rings is 2. The molecule has 0 heterocycles. The first-order valence-corrected chi connectivity index (χ1v) is 5.49. The summed E-state index contributed by atoms with van der Waals surface area (Å²) >= 11 is 0. The molecule has 1 heteroatoms. The van der Waals surface area contributed by atoms with E-state index in [9.17, 15) is 0 Å². The van der Waals surface area contributed by atoms with Crippen LogP contribution in [-0.4, -0.2) is 11.7 Å². The molecule has 0 bridgehead atoms. The standard InChI is InChI=1S/C15H16O/c1-11-3-4-15-10-13(12(2)7-8-16)5-6-14(15)9-11/h3-7,9-10,16H,8H2,1-2H3/b12-7+. The summed E-state index contributed by atoms with van der Waals surface area (Å²) in [6.07, 6.45) is 1.83. The lowest BCUT2D eigenvalue weighted by Gasteiger charge is -2.04. The minimum atomic E-state index is 0.0950. The van der Waals surface area contributed by atoms with Crippen molar-refractivity contribution < 1.29 is 5.11 Å². The Bertz CT molecular complexity index is 538. The molecule has 0 spiro atoms. The quantitative estimate of drug-likeness (QED) is 0.807. The van der Waals surface area contributed by atoms with Crippen LogP contribution >= 0.6 is 0 Å². The molecule has 0 atom stereocenters. The largest absolute Gasteiger partial charge is 0.392 e. The van der Waals surface area contributed by atoms with Crippen molar-refractivity contribution in [2.45, 2.75) is 13.8 Å². The average Bonchev–Trinajstić information content (AvgIpc) is 2.28. The number of hydrogen-bond donors (Lipinski definition) is 1. The number of fused-ring (bicyclic) bond motifs is 1. The molecule has 1 N–H and O–H groups in total. The Morgan fingerprint density at radius 1 is 1.12 bits per heavy atom. The van der Waals surface area contributed by atoms with Gasteiger partial charge in [0.25, 0.3) is 0 Å². The Hall–Kier alpha value is -1.60. The number of allylic oxidation sites excluding steroid dienone is 1. The van der Waals surface area contributed by atoms with Crippen LogP contribution in [0.4, 0.5) is 0 Å². The Labute approximate surface area is 96.0 Å². The van der Waals surface area contributed by atoms with Gasteiger partial charge >= 0.3 is 0 Å². The maximum Gasteiger partial charge on any atom is 0.0618 e. The van der Waals surface area contributed by atoms with Gasteiger partial charge in [-0.15, -0.1) is 0 Å². The predicted octanol–water partition coefficient (Wildman–Crippen LogP) is 3.54. The normalized spacial score (nSPS) is 12.1. The SMILES string of the molecule is C/C(=C\CO)c1ccc2cc(C)ccc2c1. The van der Waals surface area contributed by atoms with Gasteiger partial charge in [-0.25, -0.2) is 0 Å². The smallest absolute Gasteiger partial charge is 0.0618 e. The highest BCUT2D eigenvalue weighted by Gasteiger charge is 1.98. The molecule has 0 aliphatic heterocycles. The molecular formula is C15H16O. The van der Waals surface area contributed by atoms with Crippen LogP contribution in [0.3, 0.4) is 0 Å². The first-order chi connectivity index (χ1) is 7.70. The molecule has 2 aromatic rings. The van der Waals surface area contributed by atoms with Crippen LogP contribution in [0.1, 0.15) is 18.1 Å². The Kier molecular flexibility index (Phi) is 3.07. The molecule has 2 aromatic carbocycles. The highest BCUT2D eigenvalue weighted by molar-refractivity contribution is 5.86. The number of aliphatic hydroxyl groups excluding tert-OH is 1. The maximum absolute atomic E-state index is 8.87. The van der Waals surface area contributed by atoms with Crippen LogP contribution < -0.4 is 0 Å². The second-order valence-electron chi connectivity index (χ2n) is 4.14. The molecule has 2 rings (SSSR count). The van der Waals surface area contributed by atoms with Gasteiger partial charge in [0, 0.05) is 0 Å². The highest BCUT2D eigenvalue weighted by Crippen LogP contribution is 2.21. The van der Waals surface area contributed by atoms with Crippen molar-refractivity contribution in [2.75, 3.05) is 6.61 Å². The van der Waals surface area contributed by atoms with E-state index in [-0.39, 0.29) is 6.61 Å². The third-order valence-corrected chi connectivity index (χ3v) is 2.85. The number of aliphatic hydroxyl groups is 1. The second-order valence-corrected chi connectivity index (χ2v) is 4.14. The predicted molar refractivity (Wildman–Crippen MR) is 69.4 cm³/mol. The number of rotatable bonds is 2. The zero-order valence-corrected chi connectivity index (χ0v) is 9.70. The summed E-state index contributed by atoms with van der Waals surface area (Å²) < 4.78 is 0. The highest BCUT2D eigenvalue weighted by atomic mass is 16.2. The molecule has 0 aliphatic carbocycles. The molecule has 0 fully saturated rings. The maximum atomic E-state index is 8.87. The van der Waals surface area contributed by atoms with Gasteiger partial charge in [0.1, 0.15) is 0 Å². The second kappa shape index (κ2) is 4.50. The van der Waals surface area contributed by atoms with E-state index in [1.165, 1.54) is 21.9 Å². The van der Waals surface area contributed by atoms with Gasteiger partial charge in [-0.1, -0.05) is 42.0 Å². The average molecular weight is 212 g/mol. The minimum absolute atomic E-state index is 0.0950. The zero-order chi connectivity index (χ0) is 11.5. The van der Waals surface area contributed by atoms with Gasteiger partial charge in [-0.2, -0.15) is 0 Å². The summed E-state index contributed by atoms with van der Waals surface area (Å²) in [6, 6.07) is 12.8. The van der Waals surface area contributed by atoms with Crippen molar-refractivity contribution >= 4 is 16.3 Å². The van der Waals surface area contributed by atoms with Crippen molar-refractivity contribution in [3.05, 3.63) is 53.6 Å². The minimum Gasteiger partial charge on any atom is -0.392 e. The van der Waals surface area contributed by atoms with Crippen LogP contribution in [0.2, 0.25) is 0 Å². The molecule has 0 aromatic heterocycles. The third kappa shape index (κ3) is 2.15. The van der Waals surface area contributed by atoms with Crippen molar-refractivity contribution in [3.63, 3.8) is 0 Å². The van der Waals surface area contributed by atoms with Gasteiger partial charge in [0.2, 0.25) is 0 Å². The Morgan fingerprint density at radius 3 is 2.56 bits per heavy atom. The van der Waals surface area contributed by atoms with Gasteiger partial charge in [0.15, 0.2) is 0 Å². The summed E-state index contributed by atoms with van der Waals surface area (Å²) in [5, 5.41) is 11.4. The first kappa shape index (κ1) is 10.9. The van der Waals surface area contributed by atoms with Gasteiger partial charge in [-0.05, 0) is 41.8 Å². The fourth-order valence-corrected chi connectivity index (χ4v) is 1.87. The third-order valence-electron chi connectivity index (χ3n) is 2.85. The number of hydrogen-bond acceptors (Lipinski definition) is 1. The molecule has 0 saturated carbocycles. The molecule has 0 radical (unpaired) electrons. The van der Waals surface area contributed by atoms with E-state index in [1.807, 2.05) is 13.0 Å². The van der Waals surface area contributed by atoms with Crippen LogP contribution in [-0.2, 0) is 0 Å². The lowest BCUT2D eigenvalue weighted by Crippen LogP contribution is -1.83. The molecule has 1 nitrogen and oxygen atoms in total. The van der Waals surface area contributed by atoms with Crippen LogP contribution in [0.25, 0.3) is 16.3 Å². The summed E-state index contributed by atoms with van der Waals surface area (Å²) in [5.41, 5.74) is 3.57. The summed E-state index contributed by atoms with van der Waals surface area (Å²) in [5.74, 6) is 0. The van der Waals surface area contributed by atoms with Gasteiger partial charge in [-0.3, -0.25) is 0 Å². The summed E-state index contributed by atoms with van der Waals surface area (Å²) in [4.78, 5) is 0. The lowest BCUT2D eigenvalue weighted by atomic mass is 10.0. The van der Waals surface area contributed by atoms with E-state index in [1.54, 1.807) is 0 Å². The molecular weight excluding hydrogens is 196 g/mol. The van der Waals surface area contributed by atoms with E-state index in [4.69, 9.17) is 5.11 Å². The molecule has 82 valence electrons. The van der Waals surface area contributed by atoms with E-state index >= 15 is 0 Å². The van der Waals surface area contributed by atoms with Crippen molar-refractivity contribution in [3.8, 4) is 0 Å². The van der Waals surface area contributed by atoms with Gasteiger partial charge < -0.3 is 5.11 Å². The first-order valence-electron chi connectivity index (χ1n) is 5.49. The lowest BCUT2D eigenvalue weighted by molar-refractivity contribution is 0.343. The molecule has 0 amide bonds. The van der Waals surface area contributed by atoms with Crippen LogP contribution in [0, 0.1) is 6.92 Å². The Balaban J connectivity index is 2.52. The van der Waals surface area contributed by atoms with Crippen molar-refractivity contribution in [1.29, 1.82) is 0 Å². The molecule has 0 saturated heterocycles. The van der Waals surface area contributed by atoms with Crippen LogP contribution in [0.5, 0.6) is 0 Å². The van der Waals surface area contributed by atoms with Gasteiger partial charge in [0.05, 0.1) is 6.61 Å².